The van der Waals surface area contributed by atoms with Gasteiger partial charge in [0.05, 0.1) is 5.56 Å². The molecule has 0 atom stereocenters. The van der Waals surface area contributed by atoms with Gasteiger partial charge in [-0.1, -0.05) is 18.2 Å². The second kappa shape index (κ2) is 5.48. The third kappa shape index (κ3) is 3.07. The molecule has 0 radical (unpaired) electrons. The molecular weight excluding hydrogens is 240 g/mol. The molecule has 0 unspecified atom stereocenters. The maximum atomic E-state index is 12.0. The minimum absolute atomic E-state index is 0.368. The minimum atomic E-state index is -0.425. The van der Waals surface area contributed by atoms with Crippen molar-refractivity contribution in [2.75, 3.05) is 0 Å². The molecule has 3 heteroatoms. The molecule has 0 saturated heterocycles. The van der Waals surface area contributed by atoms with Gasteiger partial charge in [0.15, 0.2) is 0 Å². The summed E-state index contributed by atoms with van der Waals surface area (Å²) in [5.41, 5.74) is 3.14. The Labute approximate surface area is 111 Å². The number of benzene rings is 2. The van der Waals surface area contributed by atoms with Crippen molar-refractivity contribution in [3.05, 3.63) is 64.7 Å². The summed E-state index contributed by atoms with van der Waals surface area (Å²) in [4.78, 5) is 22.6. The van der Waals surface area contributed by atoms with E-state index in [1.54, 1.807) is 30.3 Å². The average Bonchev–Trinajstić information content (AvgIpc) is 2.42. The van der Waals surface area contributed by atoms with Gasteiger partial charge >= 0.3 is 5.97 Å². The van der Waals surface area contributed by atoms with E-state index in [1.807, 2.05) is 19.9 Å². The van der Waals surface area contributed by atoms with Gasteiger partial charge in [0.1, 0.15) is 12.0 Å². The van der Waals surface area contributed by atoms with Gasteiger partial charge in [-0.2, -0.15) is 0 Å². The Morgan fingerprint density at radius 3 is 2.53 bits per heavy atom. The first-order valence-corrected chi connectivity index (χ1v) is 5.95. The maximum absolute atomic E-state index is 12.0. The molecule has 0 aliphatic heterocycles. The van der Waals surface area contributed by atoms with E-state index in [9.17, 15) is 9.59 Å². The molecule has 0 fully saturated rings. The van der Waals surface area contributed by atoms with E-state index in [1.165, 1.54) is 6.07 Å². The number of hydrogen-bond acceptors (Lipinski definition) is 3. The first-order chi connectivity index (χ1) is 9.10. The predicted octanol–water partition coefficient (Wildman–Crippen LogP) is 3.34. The highest BCUT2D eigenvalue weighted by molar-refractivity contribution is 5.91. The predicted molar refractivity (Wildman–Crippen MR) is 72.7 cm³/mol. The maximum Gasteiger partial charge on any atom is 0.343 e. The zero-order chi connectivity index (χ0) is 13.8. The molecule has 0 aromatic heterocycles. The van der Waals surface area contributed by atoms with E-state index in [4.69, 9.17) is 4.74 Å². The van der Waals surface area contributed by atoms with Crippen molar-refractivity contribution in [2.24, 2.45) is 0 Å². The summed E-state index contributed by atoms with van der Waals surface area (Å²) in [5, 5.41) is 0. The summed E-state index contributed by atoms with van der Waals surface area (Å²) in [6.45, 7) is 3.93. The monoisotopic (exact) mass is 254 g/mol. The Hall–Kier alpha value is -2.42. The van der Waals surface area contributed by atoms with Crippen LogP contribution in [0.1, 0.15) is 31.8 Å². The quantitative estimate of drug-likeness (QED) is 0.479. The van der Waals surface area contributed by atoms with Gasteiger partial charge in [0.2, 0.25) is 0 Å². The highest BCUT2D eigenvalue weighted by Gasteiger charge is 2.09. The van der Waals surface area contributed by atoms with Gasteiger partial charge in [-0.25, -0.2) is 4.79 Å². The third-order valence-corrected chi connectivity index (χ3v) is 2.95. The lowest BCUT2D eigenvalue weighted by Gasteiger charge is -2.06. The molecule has 96 valence electrons. The number of carbonyl (C=O) groups excluding carboxylic acids is 2. The van der Waals surface area contributed by atoms with Crippen molar-refractivity contribution in [3.8, 4) is 5.75 Å². The topological polar surface area (TPSA) is 43.4 Å². The zero-order valence-electron chi connectivity index (χ0n) is 10.8. The number of esters is 1. The number of hydrogen-bond donors (Lipinski definition) is 0. The van der Waals surface area contributed by atoms with E-state index in [0.717, 1.165) is 11.1 Å². The molecule has 0 spiro atoms. The number of rotatable bonds is 3. The first-order valence-electron chi connectivity index (χ1n) is 5.95. The molecule has 0 aliphatic rings. The smallest absolute Gasteiger partial charge is 0.343 e. The van der Waals surface area contributed by atoms with Gasteiger partial charge in [0, 0.05) is 5.56 Å². The minimum Gasteiger partial charge on any atom is -0.423 e. The summed E-state index contributed by atoms with van der Waals surface area (Å²) in [5.74, 6) is -0.0565. The summed E-state index contributed by atoms with van der Waals surface area (Å²) in [7, 11) is 0. The first kappa shape index (κ1) is 13.0. The average molecular weight is 254 g/mol. The number of ether oxygens (including phenoxy) is 1. The van der Waals surface area contributed by atoms with Gasteiger partial charge in [-0.05, 0) is 49.2 Å². The molecule has 0 heterocycles. The molecule has 0 bridgehead atoms. The Morgan fingerprint density at radius 1 is 1.05 bits per heavy atom. The standard InChI is InChI=1S/C16H14O3/c1-11-6-7-14(8-12(11)2)16(18)19-15-5-3-4-13(9-15)10-17/h3-10H,1-2H3. The van der Waals surface area contributed by atoms with Gasteiger partial charge in [-0.15, -0.1) is 0 Å². The van der Waals surface area contributed by atoms with Crippen LogP contribution >= 0.6 is 0 Å². The molecule has 3 nitrogen and oxygen atoms in total. The molecule has 0 N–H and O–H groups in total. The molecule has 2 aromatic rings. The Bertz CT molecular complexity index is 630. The Kier molecular flexibility index (Phi) is 3.76. The SMILES string of the molecule is Cc1ccc(C(=O)Oc2cccc(C=O)c2)cc1C. The highest BCUT2D eigenvalue weighted by Crippen LogP contribution is 2.16. The van der Waals surface area contributed by atoms with Gasteiger partial charge < -0.3 is 4.74 Å². The number of aryl methyl sites for hydroxylation is 2. The van der Waals surface area contributed by atoms with Crippen LogP contribution in [0.2, 0.25) is 0 Å². The Balaban J connectivity index is 2.20. The fourth-order valence-corrected chi connectivity index (χ4v) is 1.69. The van der Waals surface area contributed by atoms with Crippen molar-refractivity contribution < 1.29 is 14.3 Å². The fraction of sp³-hybridized carbons (Fsp3) is 0.125. The molecule has 2 rings (SSSR count). The molecule has 0 saturated carbocycles. The van der Waals surface area contributed by atoms with Crippen LogP contribution in [-0.2, 0) is 0 Å². The second-order valence-electron chi connectivity index (χ2n) is 4.38. The largest absolute Gasteiger partial charge is 0.423 e. The lowest BCUT2D eigenvalue weighted by Crippen LogP contribution is -2.09. The Morgan fingerprint density at radius 2 is 1.84 bits per heavy atom. The normalized spacial score (nSPS) is 10.0. The van der Waals surface area contributed by atoms with E-state index < -0.39 is 5.97 Å². The lowest BCUT2D eigenvalue weighted by molar-refractivity contribution is 0.0734. The van der Waals surface area contributed by atoms with Crippen LogP contribution in [0.3, 0.4) is 0 Å². The summed E-state index contributed by atoms with van der Waals surface area (Å²) in [6.07, 6.45) is 0.716. The molecule has 0 aliphatic carbocycles. The number of carbonyl (C=O) groups is 2. The zero-order valence-corrected chi connectivity index (χ0v) is 10.8. The number of aldehydes is 1. The third-order valence-electron chi connectivity index (χ3n) is 2.95. The van der Waals surface area contributed by atoms with E-state index >= 15 is 0 Å². The summed E-state index contributed by atoms with van der Waals surface area (Å²) < 4.78 is 5.24. The van der Waals surface area contributed by atoms with Gasteiger partial charge in [0.25, 0.3) is 0 Å². The van der Waals surface area contributed by atoms with E-state index in [-0.39, 0.29) is 0 Å². The lowest BCUT2D eigenvalue weighted by atomic mass is 10.1. The van der Waals surface area contributed by atoms with E-state index in [0.29, 0.717) is 23.2 Å². The highest BCUT2D eigenvalue weighted by atomic mass is 16.5. The van der Waals surface area contributed by atoms with Crippen molar-refractivity contribution in [2.45, 2.75) is 13.8 Å². The molecule has 2 aromatic carbocycles. The molecule has 0 amide bonds. The van der Waals surface area contributed by atoms with E-state index in [2.05, 4.69) is 0 Å². The van der Waals surface area contributed by atoms with Crippen LogP contribution in [0.25, 0.3) is 0 Å². The van der Waals surface area contributed by atoms with Crippen LogP contribution in [0, 0.1) is 13.8 Å². The van der Waals surface area contributed by atoms with Crippen molar-refractivity contribution in [3.63, 3.8) is 0 Å². The van der Waals surface area contributed by atoms with Crippen LogP contribution in [0.15, 0.2) is 42.5 Å². The second-order valence-corrected chi connectivity index (χ2v) is 4.38. The molecular formula is C16H14O3. The van der Waals surface area contributed by atoms with Crippen molar-refractivity contribution >= 4 is 12.3 Å². The summed E-state index contributed by atoms with van der Waals surface area (Å²) in [6, 6.07) is 11.9. The molecule has 19 heavy (non-hydrogen) atoms. The van der Waals surface area contributed by atoms with Crippen molar-refractivity contribution in [1.82, 2.24) is 0 Å². The van der Waals surface area contributed by atoms with Crippen LogP contribution in [-0.4, -0.2) is 12.3 Å². The fourth-order valence-electron chi connectivity index (χ4n) is 1.69. The van der Waals surface area contributed by atoms with Crippen LogP contribution in [0.5, 0.6) is 5.75 Å². The van der Waals surface area contributed by atoms with Crippen LogP contribution < -0.4 is 4.74 Å². The van der Waals surface area contributed by atoms with Crippen LogP contribution in [0.4, 0.5) is 0 Å². The van der Waals surface area contributed by atoms with Crippen molar-refractivity contribution in [1.29, 1.82) is 0 Å². The van der Waals surface area contributed by atoms with Gasteiger partial charge in [-0.3, -0.25) is 4.79 Å². The summed E-state index contributed by atoms with van der Waals surface area (Å²) >= 11 is 0.